The van der Waals surface area contributed by atoms with Crippen molar-refractivity contribution >= 4 is 5.70 Å². The van der Waals surface area contributed by atoms with Crippen molar-refractivity contribution in [2.45, 2.75) is 32.5 Å². The van der Waals surface area contributed by atoms with Crippen LogP contribution in [0, 0.1) is 6.92 Å². The largest absolute Gasteiger partial charge is 0.481 e. The van der Waals surface area contributed by atoms with Crippen molar-refractivity contribution in [2.75, 3.05) is 14.2 Å². The van der Waals surface area contributed by atoms with Crippen LogP contribution in [-0.2, 0) is 11.0 Å². The highest BCUT2D eigenvalue weighted by Crippen LogP contribution is 2.46. The van der Waals surface area contributed by atoms with Crippen molar-refractivity contribution in [3.63, 3.8) is 0 Å². The van der Waals surface area contributed by atoms with Crippen LogP contribution in [0.1, 0.15) is 30.5 Å². The van der Waals surface area contributed by atoms with Crippen molar-refractivity contribution in [1.82, 2.24) is 9.63 Å². The number of hydroxylamine groups is 2. The molecule has 8 heteroatoms. The average molecular weight is 394 g/mol. The Morgan fingerprint density at radius 2 is 1.86 bits per heavy atom. The summed E-state index contributed by atoms with van der Waals surface area (Å²) in [5.41, 5.74) is -1.21. The predicted molar refractivity (Wildman–Crippen MR) is 98.7 cm³/mol. The molecule has 0 bridgehead atoms. The van der Waals surface area contributed by atoms with Gasteiger partial charge in [-0.2, -0.15) is 13.2 Å². The van der Waals surface area contributed by atoms with E-state index in [2.05, 4.69) is 0 Å². The first kappa shape index (κ1) is 20.0. The Kier molecular flexibility index (Phi) is 4.79. The SMILES string of the molecule is CON(C)C1=C(n2ccccc2=O)c2c(ccc(C(F)(F)F)c2C)OC1(C)C. The minimum absolute atomic E-state index is 0.0201. The van der Waals surface area contributed by atoms with Gasteiger partial charge in [0.2, 0.25) is 0 Å². The fourth-order valence-corrected chi connectivity index (χ4v) is 3.57. The number of fused-ring (bicyclic) bond motifs is 1. The van der Waals surface area contributed by atoms with Crippen LogP contribution in [0.15, 0.2) is 47.0 Å². The summed E-state index contributed by atoms with van der Waals surface area (Å²) < 4.78 is 48.0. The molecule has 2 aromatic rings. The third kappa shape index (κ3) is 3.17. The van der Waals surface area contributed by atoms with Gasteiger partial charge in [0.25, 0.3) is 5.56 Å². The lowest BCUT2D eigenvalue weighted by atomic mass is 9.90. The minimum atomic E-state index is -4.54. The van der Waals surface area contributed by atoms with E-state index in [0.29, 0.717) is 11.4 Å². The summed E-state index contributed by atoms with van der Waals surface area (Å²) in [5.74, 6) is 0.273. The zero-order valence-corrected chi connectivity index (χ0v) is 16.2. The van der Waals surface area contributed by atoms with E-state index in [1.54, 1.807) is 33.0 Å². The number of halogens is 3. The smallest absolute Gasteiger partial charge is 0.416 e. The van der Waals surface area contributed by atoms with Crippen LogP contribution in [0.5, 0.6) is 5.75 Å². The maximum atomic E-state index is 13.5. The van der Waals surface area contributed by atoms with E-state index in [9.17, 15) is 18.0 Å². The Balaban J connectivity index is 2.49. The number of benzene rings is 1. The summed E-state index contributed by atoms with van der Waals surface area (Å²) in [7, 11) is 3.05. The second kappa shape index (κ2) is 6.70. The Labute approximate surface area is 160 Å². The van der Waals surface area contributed by atoms with E-state index < -0.39 is 17.3 Å². The van der Waals surface area contributed by atoms with Gasteiger partial charge in [-0.15, -0.1) is 0 Å². The van der Waals surface area contributed by atoms with Crippen LogP contribution in [0.3, 0.4) is 0 Å². The highest BCUT2D eigenvalue weighted by atomic mass is 19.4. The molecule has 0 spiro atoms. The van der Waals surface area contributed by atoms with Crippen LogP contribution in [0.4, 0.5) is 13.2 Å². The molecule has 0 fully saturated rings. The summed E-state index contributed by atoms with van der Waals surface area (Å²) in [6.45, 7) is 4.91. The van der Waals surface area contributed by atoms with E-state index in [1.807, 2.05) is 0 Å². The first-order chi connectivity index (χ1) is 13.0. The third-order valence-electron chi connectivity index (χ3n) is 4.78. The summed E-state index contributed by atoms with van der Waals surface area (Å²) in [6.07, 6.45) is -3.02. The average Bonchev–Trinajstić information content (AvgIpc) is 2.59. The van der Waals surface area contributed by atoms with Gasteiger partial charge < -0.3 is 4.74 Å². The first-order valence-electron chi connectivity index (χ1n) is 8.60. The second-order valence-electron chi connectivity index (χ2n) is 7.01. The molecule has 0 saturated heterocycles. The monoisotopic (exact) mass is 394 g/mol. The molecule has 3 rings (SSSR count). The number of pyridine rings is 1. The Hall–Kier alpha value is -2.74. The number of ether oxygens (including phenoxy) is 1. The summed E-state index contributed by atoms with van der Waals surface area (Å²) in [4.78, 5) is 17.9. The van der Waals surface area contributed by atoms with E-state index >= 15 is 0 Å². The van der Waals surface area contributed by atoms with Gasteiger partial charge in [-0.25, -0.2) is 0 Å². The summed E-state index contributed by atoms with van der Waals surface area (Å²) >= 11 is 0. The lowest BCUT2D eigenvalue weighted by Crippen LogP contribution is -2.44. The molecule has 0 N–H and O–H groups in total. The molecule has 1 aromatic heterocycles. The van der Waals surface area contributed by atoms with E-state index in [1.165, 1.54) is 42.0 Å². The molecular formula is C20H21F3N2O3. The number of hydrogen-bond donors (Lipinski definition) is 0. The van der Waals surface area contributed by atoms with E-state index in [4.69, 9.17) is 9.57 Å². The van der Waals surface area contributed by atoms with Crippen molar-refractivity contribution in [2.24, 2.45) is 0 Å². The molecule has 1 aliphatic heterocycles. The summed E-state index contributed by atoms with van der Waals surface area (Å²) in [6, 6.07) is 6.86. The van der Waals surface area contributed by atoms with Crippen LogP contribution < -0.4 is 10.3 Å². The molecule has 0 saturated carbocycles. The molecule has 0 atom stereocenters. The van der Waals surface area contributed by atoms with Gasteiger partial charge in [0, 0.05) is 24.9 Å². The number of aromatic nitrogens is 1. The van der Waals surface area contributed by atoms with Gasteiger partial charge in [0.05, 0.1) is 18.4 Å². The van der Waals surface area contributed by atoms with Crippen molar-refractivity contribution in [1.29, 1.82) is 0 Å². The maximum absolute atomic E-state index is 13.5. The normalized spacial score (nSPS) is 15.9. The quantitative estimate of drug-likeness (QED) is 0.737. The van der Waals surface area contributed by atoms with Gasteiger partial charge in [-0.05, 0) is 44.5 Å². The molecule has 0 amide bonds. The lowest BCUT2D eigenvalue weighted by Gasteiger charge is -2.41. The van der Waals surface area contributed by atoms with Crippen LogP contribution in [0.2, 0.25) is 0 Å². The van der Waals surface area contributed by atoms with Crippen molar-refractivity contribution in [3.8, 4) is 5.75 Å². The van der Waals surface area contributed by atoms with E-state index in [0.717, 1.165) is 6.07 Å². The molecule has 0 unspecified atom stereocenters. The maximum Gasteiger partial charge on any atom is 0.416 e. The van der Waals surface area contributed by atoms with E-state index in [-0.39, 0.29) is 22.4 Å². The zero-order valence-electron chi connectivity index (χ0n) is 16.2. The Morgan fingerprint density at radius 3 is 2.43 bits per heavy atom. The van der Waals surface area contributed by atoms with Crippen molar-refractivity contribution < 1.29 is 22.7 Å². The first-order valence-corrected chi connectivity index (χ1v) is 8.60. The molecular weight excluding hydrogens is 373 g/mol. The van der Waals surface area contributed by atoms with Gasteiger partial charge in [0.15, 0.2) is 0 Å². The van der Waals surface area contributed by atoms with Crippen LogP contribution >= 0.6 is 0 Å². The fraction of sp³-hybridized carbons (Fsp3) is 0.350. The van der Waals surface area contributed by atoms with Gasteiger partial charge in [-0.1, -0.05) is 6.07 Å². The molecule has 150 valence electrons. The zero-order chi connectivity index (χ0) is 20.9. The molecule has 0 aliphatic carbocycles. The molecule has 5 nitrogen and oxygen atoms in total. The highest BCUT2D eigenvalue weighted by molar-refractivity contribution is 5.79. The fourth-order valence-electron chi connectivity index (χ4n) is 3.57. The molecule has 1 aliphatic rings. The molecule has 28 heavy (non-hydrogen) atoms. The van der Waals surface area contributed by atoms with Crippen molar-refractivity contribution in [3.05, 3.63) is 69.3 Å². The number of rotatable bonds is 3. The van der Waals surface area contributed by atoms with Gasteiger partial charge in [-0.3, -0.25) is 19.3 Å². The number of alkyl halides is 3. The van der Waals surface area contributed by atoms with Crippen LogP contribution in [0.25, 0.3) is 5.70 Å². The number of nitrogens with zero attached hydrogens (tertiary/aromatic N) is 2. The molecule has 2 heterocycles. The molecule has 0 radical (unpaired) electrons. The lowest BCUT2D eigenvalue weighted by molar-refractivity contribution is -0.138. The minimum Gasteiger partial charge on any atom is -0.481 e. The highest BCUT2D eigenvalue weighted by Gasteiger charge is 2.42. The predicted octanol–water partition coefficient (Wildman–Crippen LogP) is 4.06. The Morgan fingerprint density at radius 1 is 1.18 bits per heavy atom. The van der Waals surface area contributed by atoms with Crippen LogP contribution in [-0.4, -0.2) is 29.4 Å². The van der Waals surface area contributed by atoms with Gasteiger partial charge in [0.1, 0.15) is 17.0 Å². The standard InChI is InChI=1S/C20H21F3N2O3/c1-12-13(20(21,22)23)9-10-14-16(12)17(25-11-7-6-8-15(25)26)18(24(4)27-5)19(2,3)28-14/h6-11H,1-5H3. The Bertz CT molecular complexity index is 1010. The van der Waals surface area contributed by atoms with Gasteiger partial charge >= 0.3 is 6.18 Å². The number of hydrogen-bond acceptors (Lipinski definition) is 4. The third-order valence-corrected chi connectivity index (χ3v) is 4.78. The molecule has 1 aromatic carbocycles. The second-order valence-corrected chi connectivity index (χ2v) is 7.01. The summed E-state index contributed by atoms with van der Waals surface area (Å²) in [5, 5.41) is 1.40. The topological polar surface area (TPSA) is 43.7 Å². The number of likely N-dealkylation sites (N-methyl/N-ethyl adjacent to an activating group) is 1.